The topological polar surface area (TPSA) is 111 Å². The lowest BCUT2D eigenvalue weighted by Gasteiger charge is -2.34. The van der Waals surface area contributed by atoms with Gasteiger partial charge in [0, 0.05) is 49.6 Å². The summed E-state index contributed by atoms with van der Waals surface area (Å²) in [5, 5.41) is 7.69. The average Bonchev–Trinajstić information content (AvgIpc) is 3.04. The van der Waals surface area contributed by atoms with Gasteiger partial charge in [-0.1, -0.05) is 56.0 Å². The lowest BCUT2D eigenvalue weighted by molar-refractivity contribution is -0.149. The predicted octanol–water partition coefficient (Wildman–Crippen LogP) is 4.49. The molecule has 2 aromatic rings. The normalized spacial score (nSPS) is 17.6. The smallest absolute Gasteiger partial charge is 0.344 e. The molecule has 9 nitrogen and oxygen atoms in total. The van der Waals surface area contributed by atoms with Crippen LogP contribution in [-0.4, -0.2) is 78.7 Å². The molecule has 1 saturated carbocycles. The molecule has 2 aromatic carbocycles. The average molecular weight is 664 g/mol. The predicted molar refractivity (Wildman–Crippen MR) is 169 cm³/mol. The van der Waals surface area contributed by atoms with Gasteiger partial charge in [0.25, 0.3) is 5.91 Å². The van der Waals surface area contributed by atoms with Crippen molar-refractivity contribution < 1.29 is 32.3 Å². The standard InChI is InChI=1S/C33H41ClF3N5O4/c1-3-28(43)38-27(31(45)42-17-15-41(2)16-18-42)20-21-9-14-26(25(35)19-21)39-30(44)29(22-7-5-4-6-8-22)40-32(46)33(36,37)23-10-12-24(34)13-11-23/h9-14,19,22,27,29H,3-8,15-18,20H2,1-2H3,(H,38,43)(H,39,44)(H,40,46). The van der Waals surface area contributed by atoms with E-state index >= 15 is 13.2 Å². The number of benzene rings is 2. The van der Waals surface area contributed by atoms with Gasteiger partial charge in [-0.25, -0.2) is 4.39 Å². The van der Waals surface area contributed by atoms with E-state index in [2.05, 4.69) is 20.9 Å². The number of hydrogen-bond donors (Lipinski definition) is 3. The van der Waals surface area contributed by atoms with Gasteiger partial charge in [-0.2, -0.15) is 8.78 Å². The first-order valence-corrected chi connectivity index (χ1v) is 16.1. The van der Waals surface area contributed by atoms with E-state index in [4.69, 9.17) is 11.6 Å². The van der Waals surface area contributed by atoms with Gasteiger partial charge in [-0.05, 0) is 55.6 Å². The van der Waals surface area contributed by atoms with Crippen molar-refractivity contribution in [3.05, 3.63) is 64.4 Å². The maximum absolute atomic E-state index is 15.4. The zero-order valence-corrected chi connectivity index (χ0v) is 26.8. The molecule has 0 radical (unpaired) electrons. The number of carbonyl (C=O) groups excluding carboxylic acids is 4. The molecule has 2 aliphatic rings. The number of halogens is 4. The first-order chi connectivity index (χ1) is 21.9. The Hall–Kier alpha value is -3.64. The molecule has 2 fully saturated rings. The van der Waals surface area contributed by atoms with E-state index in [0.29, 0.717) is 44.6 Å². The minimum atomic E-state index is -3.93. The van der Waals surface area contributed by atoms with Crippen LogP contribution in [0.25, 0.3) is 0 Å². The molecule has 250 valence electrons. The van der Waals surface area contributed by atoms with Crippen LogP contribution >= 0.6 is 11.6 Å². The maximum Gasteiger partial charge on any atom is 0.349 e. The second-order valence-electron chi connectivity index (χ2n) is 12.0. The highest BCUT2D eigenvalue weighted by atomic mass is 35.5. The second kappa shape index (κ2) is 15.8. The zero-order chi connectivity index (χ0) is 33.4. The second-order valence-corrected chi connectivity index (χ2v) is 12.5. The van der Waals surface area contributed by atoms with Crippen LogP contribution in [0.2, 0.25) is 5.02 Å². The Morgan fingerprint density at radius 3 is 2.22 bits per heavy atom. The van der Waals surface area contributed by atoms with Gasteiger partial charge in [0.15, 0.2) is 0 Å². The molecular formula is C33H41ClF3N5O4. The highest BCUT2D eigenvalue weighted by molar-refractivity contribution is 6.30. The Bertz CT molecular complexity index is 1400. The fourth-order valence-corrected chi connectivity index (χ4v) is 5.99. The molecule has 1 heterocycles. The molecule has 2 unspecified atom stereocenters. The fraction of sp³-hybridized carbons (Fsp3) is 0.515. The van der Waals surface area contributed by atoms with E-state index in [1.807, 2.05) is 7.05 Å². The number of nitrogens with one attached hydrogen (secondary N) is 3. The van der Waals surface area contributed by atoms with Crippen molar-refractivity contribution in [2.45, 2.75) is 69.9 Å². The van der Waals surface area contributed by atoms with Crippen LogP contribution in [0.3, 0.4) is 0 Å². The van der Waals surface area contributed by atoms with Gasteiger partial charge < -0.3 is 25.8 Å². The number of likely N-dealkylation sites (N-methyl/N-ethyl adjacent to an activating group) is 1. The lowest BCUT2D eigenvalue weighted by Crippen LogP contribution is -2.54. The van der Waals surface area contributed by atoms with E-state index in [1.54, 1.807) is 11.8 Å². The summed E-state index contributed by atoms with van der Waals surface area (Å²) in [4.78, 5) is 55.6. The van der Waals surface area contributed by atoms with Crippen molar-refractivity contribution in [2.24, 2.45) is 5.92 Å². The number of piperazine rings is 1. The van der Waals surface area contributed by atoms with Gasteiger partial charge in [0.2, 0.25) is 17.7 Å². The van der Waals surface area contributed by atoms with Crippen LogP contribution in [-0.2, 0) is 31.5 Å². The molecule has 46 heavy (non-hydrogen) atoms. The SMILES string of the molecule is CCC(=O)NC(Cc1ccc(NC(=O)C(NC(=O)C(F)(F)c2ccc(Cl)cc2)C2CCCCC2)c(F)c1)C(=O)N1CCN(C)CC1. The quantitative estimate of drug-likeness (QED) is 0.328. The van der Waals surface area contributed by atoms with Gasteiger partial charge >= 0.3 is 5.92 Å². The van der Waals surface area contributed by atoms with Crippen LogP contribution in [0.5, 0.6) is 0 Å². The highest BCUT2D eigenvalue weighted by Gasteiger charge is 2.44. The Kier molecular flexibility index (Phi) is 12.1. The third kappa shape index (κ3) is 9.00. The molecule has 0 aromatic heterocycles. The summed E-state index contributed by atoms with van der Waals surface area (Å²) in [6.07, 6.45) is 3.75. The molecule has 0 bridgehead atoms. The summed E-state index contributed by atoms with van der Waals surface area (Å²) in [7, 11) is 1.96. The Morgan fingerprint density at radius 2 is 1.61 bits per heavy atom. The summed E-state index contributed by atoms with van der Waals surface area (Å²) >= 11 is 5.81. The van der Waals surface area contributed by atoms with Crippen LogP contribution in [0.4, 0.5) is 18.9 Å². The van der Waals surface area contributed by atoms with Crippen molar-refractivity contribution in [1.29, 1.82) is 0 Å². The van der Waals surface area contributed by atoms with Gasteiger partial charge in [-0.15, -0.1) is 0 Å². The van der Waals surface area contributed by atoms with Crippen molar-refractivity contribution in [3.8, 4) is 0 Å². The molecule has 4 amide bonds. The first kappa shape index (κ1) is 35.2. The summed E-state index contributed by atoms with van der Waals surface area (Å²) in [5.74, 6) is -8.17. The molecule has 0 spiro atoms. The van der Waals surface area contributed by atoms with Crippen LogP contribution in [0.1, 0.15) is 56.6 Å². The number of anilines is 1. The van der Waals surface area contributed by atoms with E-state index in [1.165, 1.54) is 30.3 Å². The molecular weight excluding hydrogens is 623 g/mol. The van der Waals surface area contributed by atoms with Crippen molar-refractivity contribution in [3.63, 3.8) is 0 Å². The third-order valence-corrected chi connectivity index (χ3v) is 8.93. The lowest BCUT2D eigenvalue weighted by atomic mass is 9.83. The van der Waals surface area contributed by atoms with E-state index < -0.39 is 47.1 Å². The molecule has 4 rings (SSSR count). The summed E-state index contributed by atoms with van der Waals surface area (Å²) in [6.45, 7) is 4.09. The van der Waals surface area contributed by atoms with Crippen molar-refractivity contribution in [1.82, 2.24) is 20.4 Å². The molecule has 2 atom stereocenters. The third-order valence-electron chi connectivity index (χ3n) is 8.68. The van der Waals surface area contributed by atoms with Crippen molar-refractivity contribution in [2.75, 3.05) is 38.5 Å². The molecule has 13 heteroatoms. The summed E-state index contributed by atoms with van der Waals surface area (Å²) in [6, 6.07) is 6.39. The summed E-state index contributed by atoms with van der Waals surface area (Å²) in [5.41, 5.74) is -0.356. The van der Waals surface area contributed by atoms with E-state index in [9.17, 15) is 19.2 Å². The number of alkyl halides is 2. The largest absolute Gasteiger partial charge is 0.349 e. The Morgan fingerprint density at radius 1 is 0.957 bits per heavy atom. The minimum absolute atomic E-state index is 0.0304. The van der Waals surface area contributed by atoms with Crippen molar-refractivity contribution >= 4 is 40.9 Å². The fourth-order valence-electron chi connectivity index (χ4n) is 5.86. The number of amides is 4. The minimum Gasteiger partial charge on any atom is -0.344 e. The molecule has 1 saturated heterocycles. The number of nitrogens with zero attached hydrogens (tertiary/aromatic N) is 2. The number of carbonyl (C=O) groups is 4. The zero-order valence-electron chi connectivity index (χ0n) is 26.1. The number of rotatable bonds is 11. The molecule has 1 aliphatic carbocycles. The van der Waals surface area contributed by atoms with Gasteiger partial charge in [0.05, 0.1) is 5.69 Å². The van der Waals surface area contributed by atoms with E-state index in [0.717, 1.165) is 31.4 Å². The molecule has 3 N–H and O–H groups in total. The highest BCUT2D eigenvalue weighted by Crippen LogP contribution is 2.32. The van der Waals surface area contributed by atoms with Crippen LogP contribution < -0.4 is 16.0 Å². The van der Waals surface area contributed by atoms with Crippen LogP contribution in [0, 0.1) is 11.7 Å². The van der Waals surface area contributed by atoms with E-state index in [-0.39, 0.29) is 35.4 Å². The monoisotopic (exact) mass is 663 g/mol. The van der Waals surface area contributed by atoms with Gasteiger partial charge in [-0.3, -0.25) is 19.2 Å². The maximum atomic E-state index is 15.4. The first-order valence-electron chi connectivity index (χ1n) is 15.7. The van der Waals surface area contributed by atoms with Gasteiger partial charge in [0.1, 0.15) is 17.9 Å². The Balaban J connectivity index is 1.48. The summed E-state index contributed by atoms with van der Waals surface area (Å²) < 4.78 is 45.6. The van der Waals surface area contributed by atoms with Crippen LogP contribution in [0.15, 0.2) is 42.5 Å². The molecule has 1 aliphatic heterocycles. The Labute approximate surface area is 272 Å². The number of hydrogen-bond acceptors (Lipinski definition) is 5.